The minimum Gasteiger partial charge on any atom is -0.496 e. The van der Waals surface area contributed by atoms with Crippen LogP contribution in [0.1, 0.15) is 17.3 Å². The highest BCUT2D eigenvalue weighted by molar-refractivity contribution is 9.10. The number of aromatic nitrogens is 1. The fraction of sp³-hybridized carbons (Fsp3) is 0.267. The number of halogens is 1. The highest BCUT2D eigenvalue weighted by Gasteiger charge is 2.22. The van der Waals surface area contributed by atoms with Gasteiger partial charge in [-0.15, -0.1) is 0 Å². The predicted molar refractivity (Wildman–Crippen MR) is 82.4 cm³/mol. The number of ether oxygens (including phenoxy) is 2. The second kappa shape index (κ2) is 6.72. The van der Waals surface area contributed by atoms with Gasteiger partial charge in [-0.25, -0.2) is 0 Å². The van der Waals surface area contributed by atoms with E-state index in [4.69, 9.17) is 9.47 Å². The molecule has 0 radical (unpaired) electrons. The molecule has 20 heavy (non-hydrogen) atoms. The average Bonchev–Trinajstić information content (AvgIpc) is 2.49. The number of nitrogens with one attached hydrogen (secondary N) is 1. The SMILES string of the molecule is CNC(c1ccc(Br)cn1)c1c(OC)cccc1OC. The van der Waals surface area contributed by atoms with Gasteiger partial charge in [0, 0.05) is 10.7 Å². The number of hydrogen-bond donors (Lipinski definition) is 1. The van der Waals surface area contributed by atoms with Crippen LogP contribution in [0.2, 0.25) is 0 Å². The van der Waals surface area contributed by atoms with Crippen LogP contribution in [0.3, 0.4) is 0 Å². The van der Waals surface area contributed by atoms with Crippen molar-refractivity contribution < 1.29 is 9.47 Å². The Balaban J connectivity index is 2.53. The van der Waals surface area contributed by atoms with Gasteiger partial charge in [-0.05, 0) is 47.2 Å². The Morgan fingerprint density at radius 3 is 2.20 bits per heavy atom. The van der Waals surface area contributed by atoms with E-state index < -0.39 is 0 Å². The molecule has 4 nitrogen and oxygen atoms in total. The maximum Gasteiger partial charge on any atom is 0.127 e. The third-order valence-corrected chi connectivity index (χ3v) is 3.56. The number of rotatable bonds is 5. The lowest BCUT2D eigenvalue weighted by Crippen LogP contribution is -2.20. The van der Waals surface area contributed by atoms with Crippen LogP contribution in [-0.2, 0) is 0 Å². The Morgan fingerprint density at radius 1 is 1.10 bits per heavy atom. The van der Waals surface area contributed by atoms with E-state index in [2.05, 4.69) is 26.2 Å². The summed E-state index contributed by atoms with van der Waals surface area (Å²) in [4.78, 5) is 4.46. The second-order valence-corrected chi connectivity index (χ2v) is 5.11. The summed E-state index contributed by atoms with van der Waals surface area (Å²) < 4.78 is 11.9. The molecule has 1 aromatic carbocycles. The van der Waals surface area contributed by atoms with Gasteiger partial charge in [0.15, 0.2) is 0 Å². The van der Waals surface area contributed by atoms with E-state index in [1.165, 1.54) is 0 Å². The van der Waals surface area contributed by atoms with Crippen molar-refractivity contribution in [1.29, 1.82) is 0 Å². The summed E-state index contributed by atoms with van der Waals surface area (Å²) in [6.07, 6.45) is 1.78. The maximum absolute atomic E-state index is 5.46. The molecule has 2 rings (SSSR count). The molecule has 1 N–H and O–H groups in total. The molecule has 0 aliphatic heterocycles. The van der Waals surface area contributed by atoms with Crippen molar-refractivity contribution in [2.75, 3.05) is 21.3 Å². The zero-order valence-corrected chi connectivity index (χ0v) is 13.3. The third kappa shape index (κ3) is 2.94. The van der Waals surface area contributed by atoms with Gasteiger partial charge in [-0.1, -0.05) is 6.07 Å². The Labute approximate surface area is 127 Å². The van der Waals surface area contributed by atoms with E-state index in [-0.39, 0.29) is 6.04 Å². The summed E-state index contributed by atoms with van der Waals surface area (Å²) in [5.41, 5.74) is 1.84. The van der Waals surface area contributed by atoms with Gasteiger partial charge in [-0.2, -0.15) is 0 Å². The fourth-order valence-electron chi connectivity index (χ4n) is 2.16. The first-order chi connectivity index (χ1) is 9.71. The van der Waals surface area contributed by atoms with E-state index >= 15 is 0 Å². The van der Waals surface area contributed by atoms with Crippen molar-refractivity contribution in [1.82, 2.24) is 10.3 Å². The minimum absolute atomic E-state index is 0.103. The normalized spacial score (nSPS) is 12.0. The number of benzene rings is 1. The number of nitrogens with zero attached hydrogens (tertiary/aromatic N) is 1. The predicted octanol–water partition coefficient (Wildman–Crippen LogP) is 3.17. The Hall–Kier alpha value is -1.59. The van der Waals surface area contributed by atoms with Crippen LogP contribution >= 0.6 is 15.9 Å². The van der Waals surface area contributed by atoms with Crippen LogP contribution < -0.4 is 14.8 Å². The van der Waals surface area contributed by atoms with Gasteiger partial charge in [0.25, 0.3) is 0 Å². The third-order valence-electron chi connectivity index (χ3n) is 3.09. The van der Waals surface area contributed by atoms with Gasteiger partial charge in [0.05, 0.1) is 31.5 Å². The molecule has 1 heterocycles. The second-order valence-electron chi connectivity index (χ2n) is 4.20. The lowest BCUT2D eigenvalue weighted by molar-refractivity contribution is 0.378. The molecule has 1 aromatic heterocycles. The standard InChI is InChI=1S/C15H17BrN2O2/c1-17-15(11-8-7-10(16)9-18-11)14-12(19-2)5-4-6-13(14)20-3/h4-9,15,17H,1-3H3. The highest BCUT2D eigenvalue weighted by atomic mass is 79.9. The molecular formula is C15H17BrN2O2. The Bertz CT molecular complexity index is 550. The van der Waals surface area contributed by atoms with E-state index in [0.29, 0.717) is 0 Å². The van der Waals surface area contributed by atoms with Crippen molar-refractivity contribution in [2.24, 2.45) is 0 Å². The van der Waals surface area contributed by atoms with Crippen molar-refractivity contribution >= 4 is 15.9 Å². The van der Waals surface area contributed by atoms with Gasteiger partial charge < -0.3 is 14.8 Å². The number of pyridine rings is 1. The number of methoxy groups -OCH3 is 2. The summed E-state index contributed by atoms with van der Waals surface area (Å²) in [5.74, 6) is 1.54. The molecule has 106 valence electrons. The molecule has 2 aromatic rings. The fourth-order valence-corrected chi connectivity index (χ4v) is 2.40. The Kier molecular flexibility index (Phi) is 4.98. The molecule has 0 bridgehead atoms. The van der Waals surface area contributed by atoms with Crippen LogP contribution in [0.4, 0.5) is 0 Å². The molecule has 0 amide bonds. The maximum atomic E-state index is 5.46. The topological polar surface area (TPSA) is 43.4 Å². The molecule has 1 atom stereocenters. The molecule has 0 aliphatic rings. The van der Waals surface area contributed by atoms with Crippen molar-refractivity contribution in [2.45, 2.75) is 6.04 Å². The monoisotopic (exact) mass is 336 g/mol. The molecule has 0 saturated heterocycles. The quantitative estimate of drug-likeness (QED) is 0.910. The first-order valence-corrected chi connectivity index (χ1v) is 7.00. The van der Waals surface area contributed by atoms with Crippen molar-refractivity contribution in [3.05, 3.63) is 52.3 Å². The van der Waals surface area contributed by atoms with Crippen molar-refractivity contribution in [3.63, 3.8) is 0 Å². The zero-order chi connectivity index (χ0) is 14.5. The first-order valence-electron chi connectivity index (χ1n) is 6.20. The summed E-state index contributed by atoms with van der Waals surface area (Å²) in [6.45, 7) is 0. The zero-order valence-electron chi connectivity index (χ0n) is 11.7. The van der Waals surface area contributed by atoms with Crippen LogP contribution in [0.15, 0.2) is 41.0 Å². The summed E-state index contributed by atoms with van der Waals surface area (Å²) >= 11 is 3.40. The minimum atomic E-state index is -0.103. The van der Waals surface area contributed by atoms with Crippen LogP contribution in [0, 0.1) is 0 Å². The summed E-state index contributed by atoms with van der Waals surface area (Å²) in [7, 11) is 5.19. The Morgan fingerprint density at radius 2 is 1.75 bits per heavy atom. The van der Waals surface area contributed by atoms with Crippen molar-refractivity contribution in [3.8, 4) is 11.5 Å². The molecule has 0 fully saturated rings. The van der Waals surface area contributed by atoms with E-state index in [1.54, 1.807) is 20.4 Å². The lowest BCUT2D eigenvalue weighted by Gasteiger charge is -2.21. The first kappa shape index (κ1) is 14.8. The summed E-state index contributed by atoms with van der Waals surface area (Å²) in [5, 5.41) is 3.27. The molecule has 0 spiro atoms. The molecule has 1 unspecified atom stereocenters. The van der Waals surface area contributed by atoms with Gasteiger partial charge >= 0.3 is 0 Å². The lowest BCUT2D eigenvalue weighted by atomic mass is 10.0. The number of hydrogen-bond acceptors (Lipinski definition) is 4. The summed E-state index contributed by atoms with van der Waals surface area (Å²) in [6, 6.07) is 9.57. The van der Waals surface area contributed by atoms with E-state index in [1.807, 2.05) is 37.4 Å². The highest BCUT2D eigenvalue weighted by Crippen LogP contribution is 2.36. The van der Waals surface area contributed by atoms with Crippen LogP contribution in [0.25, 0.3) is 0 Å². The van der Waals surface area contributed by atoms with E-state index in [9.17, 15) is 0 Å². The van der Waals surface area contributed by atoms with Gasteiger partial charge in [0.2, 0.25) is 0 Å². The van der Waals surface area contributed by atoms with Gasteiger partial charge in [-0.3, -0.25) is 4.98 Å². The van der Waals surface area contributed by atoms with Crippen LogP contribution in [-0.4, -0.2) is 26.3 Å². The molecule has 5 heteroatoms. The van der Waals surface area contributed by atoms with E-state index in [0.717, 1.165) is 27.2 Å². The average molecular weight is 337 g/mol. The molecule has 0 saturated carbocycles. The van der Waals surface area contributed by atoms with Gasteiger partial charge in [0.1, 0.15) is 11.5 Å². The smallest absolute Gasteiger partial charge is 0.127 e. The van der Waals surface area contributed by atoms with Crippen LogP contribution in [0.5, 0.6) is 11.5 Å². The molecule has 0 aliphatic carbocycles. The largest absolute Gasteiger partial charge is 0.496 e. The molecular weight excluding hydrogens is 320 g/mol.